The van der Waals surface area contributed by atoms with Gasteiger partial charge in [0.25, 0.3) is 0 Å². The van der Waals surface area contributed by atoms with Crippen molar-refractivity contribution in [3.05, 3.63) is 35.4 Å². The first-order valence-electron chi connectivity index (χ1n) is 4.95. The number of carbonyl (C=O) groups is 1. The molecule has 3 nitrogen and oxygen atoms in total. The van der Waals surface area contributed by atoms with Crippen molar-refractivity contribution in [2.45, 2.75) is 19.1 Å². The van der Waals surface area contributed by atoms with Gasteiger partial charge in [0, 0.05) is 0 Å². The van der Waals surface area contributed by atoms with E-state index in [0.29, 0.717) is 0 Å². The van der Waals surface area contributed by atoms with E-state index in [0.717, 1.165) is 6.07 Å². The minimum atomic E-state index is -4.53. The molecule has 0 fully saturated rings. The van der Waals surface area contributed by atoms with Crippen molar-refractivity contribution >= 4 is 5.97 Å². The third kappa shape index (κ3) is 3.45. The molecule has 0 amide bonds. The van der Waals surface area contributed by atoms with Crippen LogP contribution in [0.1, 0.15) is 28.9 Å². The van der Waals surface area contributed by atoms with Gasteiger partial charge in [0.2, 0.25) is 0 Å². The van der Waals surface area contributed by atoms with Crippen LogP contribution in [0.3, 0.4) is 0 Å². The minimum absolute atomic E-state index is 0.0593. The van der Waals surface area contributed by atoms with Gasteiger partial charge in [-0.2, -0.15) is 13.2 Å². The van der Waals surface area contributed by atoms with Gasteiger partial charge in [0.1, 0.15) is 6.04 Å². The van der Waals surface area contributed by atoms with Gasteiger partial charge in [-0.1, -0.05) is 12.1 Å². The lowest BCUT2D eigenvalue weighted by atomic mass is 10.0. The summed E-state index contributed by atoms with van der Waals surface area (Å²) in [5.41, 5.74) is 4.93. The van der Waals surface area contributed by atoms with Gasteiger partial charge in [-0.3, -0.25) is 0 Å². The van der Waals surface area contributed by atoms with Crippen molar-refractivity contribution in [3.8, 4) is 0 Å². The first-order valence-corrected chi connectivity index (χ1v) is 4.95. The van der Waals surface area contributed by atoms with Gasteiger partial charge in [0.05, 0.1) is 12.2 Å². The zero-order valence-corrected chi connectivity index (χ0v) is 9.12. The van der Waals surface area contributed by atoms with Crippen LogP contribution >= 0.6 is 0 Å². The van der Waals surface area contributed by atoms with E-state index >= 15 is 0 Å². The minimum Gasteiger partial charge on any atom is -0.462 e. The Balaban J connectivity index is 2.97. The van der Waals surface area contributed by atoms with Gasteiger partial charge < -0.3 is 10.5 Å². The molecule has 2 N–H and O–H groups in total. The van der Waals surface area contributed by atoms with Crippen LogP contribution < -0.4 is 5.73 Å². The number of benzene rings is 1. The Kier molecular flexibility index (Phi) is 4.11. The lowest BCUT2D eigenvalue weighted by molar-refractivity contribution is -0.149. The van der Waals surface area contributed by atoms with Crippen molar-refractivity contribution in [2.75, 3.05) is 6.61 Å². The highest BCUT2D eigenvalue weighted by Crippen LogP contribution is 2.30. The number of rotatable bonds is 3. The quantitative estimate of drug-likeness (QED) is 0.834. The SMILES string of the molecule is CCOC(=O)c1cccc(C(N)C(F)(F)F)c1. The maximum Gasteiger partial charge on any atom is 0.407 e. The predicted molar refractivity (Wildman–Crippen MR) is 55.4 cm³/mol. The molecule has 1 aromatic rings. The third-order valence-electron chi connectivity index (χ3n) is 2.11. The first-order chi connectivity index (χ1) is 7.86. The summed E-state index contributed by atoms with van der Waals surface area (Å²) in [6.45, 7) is 1.78. The van der Waals surface area contributed by atoms with E-state index < -0.39 is 18.2 Å². The third-order valence-corrected chi connectivity index (χ3v) is 2.11. The van der Waals surface area contributed by atoms with Crippen LogP contribution in [-0.4, -0.2) is 18.8 Å². The van der Waals surface area contributed by atoms with E-state index in [4.69, 9.17) is 5.73 Å². The Morgan fingerprint density at radius 1 is 1.47 bits per heavy atom. The fraction of sp³-hybridized carbons (Fsp3) is 0.364. The molecule has 0 radical (unpaired) electrons. The summed E-state index contributed by atoms with van der Waals surface area (Å²) >= 11 is 0. The summed E-state index contributed by atoms with van der Waals surface area (Å²) in [4.78, 5) is 11.3. The second kappa shape index (κ2) is 5.18. The fourth-order valence-electron chi connectivity index (χ4n) is 1.26. The fourth-order valence-corrected chi connectivity index (χ4v) is 1.26. The van der Waals surface area contributed by atoms with Crippen molar-refractivity contribution in [1.82, 2.24) is 0 Å². The highest BCUT2D eigenvalue weighted by molar-refractivity contribution is 5.89. The second-order valence-electron chi connectivity index (χ2n) is 3.37. The van der Waals surface area contributed by atoms with Crippen LogP contribution in [0.2, 0.25) is 0 Å². The molecule has 17 heavy (non-hydrogen) atoms. The molecule has 0 aliphatic rings. The molecule has 0 saturated heterocycles. The number of nitrogens with two attached hydrogens (primary N) is 1. The van der Waals surface area contributed by atoms with Gasteiger partial charge in [0.15, 0.2) is 0 Å². The summed E-state index contributed by atoms with van der Waals surface area (Å²) < 4.78 is 41.8. The largest absolute Gasteiger partial charge is 0.462 e. The Bertz CT molecular complexity index is 404. The van der Waals surface area contributed by atoms with Crippen molar-refractivity contribution in [1.29, 1.82) is 0 Å². The normalized spacial score (nSPS) is 13.2. The molecule has 0 heterocycles. The molecule has 1 unspecified atom stereocenters. The standard InChI is InChI=1S/C11H12F3NO2/c1-2-17-10(16)8-5-3-4-7(6-8)9(15)11(12,13)14/h3-6,9H,2,15H2,1H3. The van der Waals surface area contributed by atoms with E-state index in [-0.39, 0.29) is 17.7 Å². The maximum atomic E-state index is 12.4. The van der Waals surface area contributed by atoms with E-state index in [9.17, 15) is 18.0 Å². The summed E-state index contributed by atoms with van der Waals surface area (Å²) in [6.07, 6.45) is -4.53. The van der Waals surface area contributed by atoms with Gasteiger partial charge in [-0.25, -0.2) is 4.79 Å². The Labute approximate surface area is 96.4 Å². The van der Waals surface area contributed by atoms with Crippen LogP contribution in [0, 0.1) is 0 Å². The van der Waals surface area contributed by atoms with Crippen LogP contribution in [-0.2, 0) is 4.74 Å². The van der Waals surface area contributed by atoms with E-state index in [2.05, 4.69) is 4.74 Å². The van der Waals surface area contributed by atoms with Crippen molar-refractivity contribution in [2.24, 2.45) is 5.73 Å². The van der Waals surface area contributed by atoms with E-state index in [1.807, 2.05) is 0 Å². The van der Waals surface area contributed by atoms with E-state index in [1.54, 1.807) is 6.92 Å². The molecule has 1 atom stereocenters. The number of alkyl halides is 3. The molecule has 6 heteroatoms. The molecule has 0 spiro atoms. The zero-order chi connectivity index (χ0) is 13.1. The zero-order valence-electron chi connectivity index (χ0n) is 9.12. The Hall–Kier alpha value is -1.56. The summed E-state index contributed by atoms with van der Waals surface area (Å²) in [5.74, 6) is -0.663. The van der Waals surface area contributed by atoms with Crippen LogP contribution in [0.4, 0.5) is 13.2 Å². The molecular weight excluding hydrogens is 235 g/mol. The Morgan fingerprint density at radius 3 is 2.65 bits per heavy atom. The molecule has 1 aromatic carbocycles. The van der Waals surface area contributed by atoms with Crippen LogP contribution in [0.15, 0.2) is 24.3 Å². The average Bonchev–Trinajstić information content (AvgIpc) is 2.27. The second-order valence-corrected chi connectivity index (χ2v) is 3.37. The van der Waals surface area contributed by atoms with Crippen molar-refractivity contribution in [3.63, 3.8) is 0 Å². The highest BCUT2D eigenvalue weighted by Gasteiger charge is 2.37. The number of esters is 1. The van der Waals surface area contributed by atoms with Gasteiger partial charge in [-0.05, 0) is 24.6 Å². The molecule has 0 bridgehead atoms. The number of ether oxygens (including phenoxy) is 1. The van der Waals surface area contributed by atoms with Crippen LogP contribution in [0.5, 0.6) is 0 Å². The summed E-state index contributed by atoms with van der Waals surface area (Å²) in [7, 11) is 0. The number of carbonyl (C=O) groups excluding carboxylic acids is 1. The predicted octanol–water partition coefficient (Wildman–Crippen LogP) is 2.43. The van der Waals surface area contributed by atoms with Crippen LogP contribution in [0.25, 0.3) is 0 Å². The first kappa shape index (κ1) is 13.5. The highest BCUT2D eigenvalue weighted by atomic mass is 19.4. The molecule has 0 aromatic heterocycles. The van der Waals surface area contributed by atoms with Crippen molar-refractivity contribution < 1.29 is 22.7 Å². The molecule has 1 rings (SSSR count). The number of hydrogen-bond acceptors (Lipinski definition) is 3. The lowest BCUT2D eigenvalue weighted by Crippen LogP contribution is -2.28. The summed E-state index contributed by atoms with van der Waals surface area (Å²) in [5, 5.41) is 0. The monoisotopic (exact) mass is 247 g/mol. The molecule has 0 aliphatic heterocycles. The topological polar surface area (TPSA) is 52.3 Å². The van der Waals surface area contributed by atoms with E-state index in [1.165, 1.54) is 18.2 Å². The molecule has 0 aliphatic carbocycles. The smallest absolute Gasteiger partial charge is 0.407 e. The number of hydrogen-bond donors (Lipinski definition) is 1. The average molecular weight is 247 g/mol. The molecule has 94 valence electrons. The maximum absolute atomic E-state index is 12.4. The van der Waals surface area contributed by atoms with Gasteiger partial charge in [-0.15, -0.1) is 0 Å². The molecule has 0 saturated carbocycles. The summed E-state index contributed by atoms with van der Waals surface area (Å²) in [6, 6.07) is 2.94. The molecular formula is C11H12F3NO2. The number of halogens is 3. The lowest BCUT2D eigenvalue weighted by Gasteiger charge is -2.16. The van der Waals surface area contributed by atoms with Gasteiger partial charge >= 0.3 is 12.1 Å². The Morgan fingerprint density at radius 2 is 2.12 bits per heavy atom.